The Bertz CT molecular complexity index is 1470. The summed E-state index contributed by atoms with van der Waals surface area (Å²) in [5, 5.41) is 13.4. The lowest BCUT2D eigenvalue weighted by Gasteiger charge is -2.36. The Morgan fingerprint density at radius 3 is 2.66 bits per heavy atom. The summed E-state index contributed by atoms with van der Waals surface area (Å²) in [6.45, 7) is 7.03. The van der Waals surface area contributed by atoms with Gasteiger partial charge >= 0.3 is 0 Å². The first-order valence-electron chi connectivity index (χ1n) is 12.5. The zero-order chi connectivity index (χ0) is 26.8. The number of aliphatic hydroxyl groups is 1. The van der Waals surface area contributed by atoms with E-state index in [2.05, 4.69) is 15.3 Å². The summed E-state index contributed by atoms with van der Waals surface area (Å²) in [6.07, 6.45) is 3.98. The average molecular weight is 517 g/mol. The Morgan fingerprint density at radius 1 is 1.11 bits per heavy atom. The van der Waals surface area contributed by atoms with Gasteiger partial charge in [-0.25, -0.2) is 14.4 Å². The topological polar surface area (TPSA) is 113 Å². The van der Waals surface area contributed by atoms with Crippen molar-refractivity contribution in [2.75, 3.05) is 18.0 Å². The van der Waals surface area contributed by atoms with Crippen LogP contribution >= 0.6 is 0 Å². The number of anilines is 1. The van der Waals surface area contributed by atoms with Gasteiger partial charge in [0.15, 0.2) is 0 Å². The van der Waals surface area contributed by atoms with Crippen LogP contribution in [0, 0.1) is 5.82 Å². The number of carbonyl (C=O) groups is 1. The van der Waals surface area contributed by atoms with Crippen LogP contribution < -0.4 is 10.2 Å². The van der Waals surface area contributed by atoms with Crippen LogP contribution in [0.2, 0.25) is 0 Å². The number of morpholine rings is 1. The third kappa shape index (κ3) is 5.76. The normalized spacial score (nSPS) is 18.4. The Morgan fingerprint density at radius 2 is 1.89 bits per heavy atom. The van der Waals surface area contributed by atoms with E-state index in [1.165, 1.54) is 24.5 Å². The van der Waals surface area contributed by atoms with Gasteiger partial charge in [-0.15, -0.1) is 0 Å². The van der Waals surface area contributed by atoms with E-state index in [1.807, 2.05) is 24.8 Å². The zero-order valence-electron chi connectivity index (χ0n) is 21.4. The van der Waals surface area contributed by atoms with Crippen LogP contribution in [0.15, 0.2) is 55.0 Å². The molecule has 5 rings (SSSR count). The fraction of sp³-hybridized carbons (Fsp3) is 0.321. The van der Waals surface area contributed by atoms with Crippen molar-refractivity contribution in [1.82, 2.24) is 25.3 Å². The maximum atomic E-state index is 14.6. The van der Waals surface area contributed by atoms with E-state index >= 15 is 0 Å². The highest BCUT2D eigenvalue weighted by Gasteiger charge is 2.24. The fourth-order valence-corrected chi connectivity index (χ4v) is 4.52. The third-order valence-electron chi connectivity index (χ3n) is 6.35. The first-order valence-corrected chi connectivity index (χ1v) is 12.5. The van der Waals surface area contributed by atoms with Gasteiger partial charge in [0.25, 0.3) is 5.91 Å². The first-order chi connectivity index (χ1) is 18.2. The minimum Gasteiger partial charge on any atom is -0.389 e. The zero-order valence-corrected chi connectivity index (χ0v) is 21.4. The van der Waals surface area contributed by atoms with Crippen LogP contribution in [0.5, 0.6) is 0 Å². The molecule has 0 saturated carbocycles. The molecule has 5 heterocycles. The summed E-state index contributed by atoms with van der Waals surface area (Å²) in [7, 11) is 0. The highest BCUT2D eigenvalue weighted by atomic mass is 19.1. The van der Waals surface area contributed by atoms with Gasteiger partial charge in [-0.3, -0.25) is 14.8 Å². The van der Waals surface area contributed by atoms with Gasteiger partial charge in [-0.1, -0.05) is 0 Å². The van der Waals surface area contributed by atoms with Crippen LogP contribution in [0.25, 0.3) is 22.3 Å². The van der Waals surface area contributed by atoms with Gasteiger partial charge in [0.1, 0.15) is 11.6 Å². The number of aliphatic hydroxyl groups excluding tert-OH is 1. The molecular weight excluding hydrogens is 487 g/mol. The predicted octanol–water partition coefficient (Wildman–Crippen LogP) is 3.82. The highest BCUT2D eigenvalue weighted by molar-refractivity contribution is 5.94. The molecule has 1 aliphatic heterocycles. The van der Waals surface area contributed by atoms with Crippen molar-refractivity contribution < 1.29 is 19.0 Å². The lowest BCUT2D eigenvalue weighted by molar-refractivity contribution is -0.00547. The van der Waals surface area contributed by atoms with Crippen molar-refractivity contribution in [3.8, 4) is 11.4 Å². The van der Waals surface area contributed by atoms with E-state index in [9.17, 15) is 14.3 Å². The fourth-order valence-electron chi connectivity index (χ4n) is 4.52. The van der Waals surface area contributed by atoms with E-state index in [1.54, 1.807) is 31.3 Å². The van der Waals surface area contributed by atoms with Crippen LogP contribution in [0.4, 0.5) is 10.2 Å². The second-order valence-corrected chi connectivity index (χ2v) is 9.62. The summed E-state index contributed by atoms with van der Waals surface area (Å²) in [6, 6.07) is 9.87. The number of fused-ring (bicyclic) bond motifs is 1. The molecule has 1 saturated heterocycles. The average Bonchev–Trinajstić information content (AvgIpc) is 2.90. The molecule has 10 heteroatoms. The smallest absolute Gasteiger partial charge is 0.253 e. The van der Waals surface area contributed by atoms with Gasteiger partial charge in [0.05, 0.1) is 53.0 Å². The number of ether oxygens (including phenoxy) is 1. The number of nitrogens with zero attached hydrogens (tertiary/aromatic N) is 5. The van der Waals surface area contributed by atoms with Gasteiger partial charge in [0, 0.05) is 49.2 Å². The largest absolute Gasteiger partial charge is 0.389 e. The van der Waals surface area contributed by atoms with Gasteiger partial charge in [-0.2, -0.15) is 0 Å². The second kappa shape index (κ2) is 10.8. The molecule has 0 radical (unpaired) electrons. The molecule has 38 heavy (non-hydrogen) atoms. The number of rotatable bonds is 6. The number of halogens is 1. The molecule has 9 nitrogen and oxygen atoms in total. The molecule has 196 valence electrons. The predicted molar refractivity (Wildman–Crippen MR) is 141 cm³/mol. The number of hydrogen-bond donors (Lipinski definition) is 2. The minimum atomic E-state index is -0.720. The van der Waals surface area contributed by atoms with Crippen molar-refractivity contribution >= 4 is 22.6 Å². The van der Waals surface area contributed by atoms with E-state index in [0.29, 0.717) is 52.6 Å². The molecule has 1 amide bonds. The van der Waals surface area contributed by atoms with E-state index < -0.39 is 6.10 Å². The number of amides is 1. The molecule has 4 aromatic heterocycles. The van der Waals surface area contributed by atoms with Crippen molar-refractivity contribution in [2.24, 2.45) is 0 Å². The number of carbonyl (C=O) groups excluding carboxylic acids is 1. The lowest BCUT2D eigenvalue weighted by atomic mass is 10.1. The summed E-state index contributed by atoms with van der Waals surface area (Å²) < 4.78 is 20.4. The maximum Gasteiger partial charge on any atom is 0.253 e. The first kappa shape index (κ1) is 25.6. The molecular formula is C28H29FN6O3. The Balaban J connectivity index is 1.36. The molecule has 4 aromatic rings. The molecule has 1 fully saturated rings. The Kier molecular flexibility index (Phi) is 7.26. The van der Waals surface area contributed by atoms with E-state index in [4.69, 9.17) is 14.7 Å². The highest BCUT2D eigenvalue weighted by Crippen LogP contribution is 2.25. The molecule has 1 aliphatic rings. The monoisotopic (exact) mass is 516 g/mol. The van der Waals surface area contributed by atoms with Gasteiger partial charge < -0.3 is 20.1 Å². The van der Waals surface area contributed by atoms with Crippen LogP contribution in [-0.4, -0.2) is 56.2 Å². The number of nitrogens with one attached hydrogen (secondary N) is 1. The Labute approximate surface area is 219 Å². The Hall–Kier alpha value is -4.02. The van der Waals surface area contributed by atoms with Crippen LogP contribution in [-0.2, 0) is 11.3 Å². The number of pyridine rings is 4. The quantitative estimate of drug-likeness (QED) is 0.398. The van der Waals surface area contributed by atoms with Gasteiger partial charge in [-0.05, 0) is 50.6 Å². The molecule has 0 spiro atoms. The molecule has 0 aliphatic carbocycles. The van der Waals surface area contributed by atoms with Crippen molar-refractivity contribution in [3.05, 3.63) is 77.6 Å². The SMILES string of the molecule is C[C@@H]1CN(c2cc(F)cc(-c3ccc4cnc(CNC(=O)c5cncc([C@@H](C)O)c5)cc4n3)n2)C[C@H](C)O1. The van der Waals surface area contributed by atoms with Gasteiger partial charge in [0.2, 0.25) is 0 Å². The summed E-state index contributed by atoms with van der Waals surface area (Å²) in [4.78, 5) is 32.5. The van der Waals surface area contributed by atoms with Crippen molar-refractivity contribution in [3.63, 3.8) is 0 Å². The molecule has 3 atom stereocenters. The van der Waals surface area contributed by atoms with Crippen LogP contribution in [0.3, 0.4) is 0 Å². The molecule has 0 unspecified atom stereocenters. The summed E-state index contributed by atoms with van der Waals surface area (Å²) in [5.41, 5.74) is 3.15. The minimum absolute atomic E-state index is 0.0240. The maximum absolute atomic E-state index is 14.6. The number of aromatic nitrogens is 4. The van der Waals surface area contributed by atoms with E-state index in [0.717, 1.165) is 5.39 Å². The third-order valence-corrected chi connectivity index (χ3v) is 6.35. The molecule has 2 N–H and O–H groups in total. The lowest BCUT2D eigenvalue weighted by Crippen LogP contribution is -2.45. The van der Waals surface area contributed by atoms with E-state index in [-0.39, 0.29) is 30.5 Å². The second-order valence-electron chi connectivity index (χ2n) is 9.62. The van der Waals surface area contributed by atoms with Crippen molar-refractivity contribution in [2.45, 2.75) is 45.6 Å². The van der Waals surface area contributed by atoms with Crippen LogP contribution in [0.1, 0.15) is 48.5 Å². The van der Waals surface area contributed by atoms with Crippen molar-refractivity contribution in [1.29, 1.82) is 0 Å². The number of hydrogen-bond acceptors (Lipinski definition) is 8. The molecule has 0 aromatic carbocycles. The molecule has 0 bridgehead atoms. The summed E-state index contributed by atoms with van der Waals surface area (Å²) in [5.74, 6) is -0.158. The standard InChI is InChI=1S/C28H29FN6O3/c1-16-14-35(15-17(2)38-16)27-8-22(29)7-26(34-27)24-5-4-19-12-31-23(9-25(19)33-24)13-32-28(37)21-6-20(18(3)36)10-30-11-21/h4-12,16-18,36H,13-15H2,1-3H3,(H,32,37)/t16-,17+,18-/m1/s1. The summed E-state index contributed by atoms with van der Waals surface area (Å²) >= 11 is 0.